The summed E-state index contributed by atoms with van der Waals surface area (Å²) >= 11 is 12.6. The van der Waals surface area contributed by atoms with Gasteiger partial charge in [-0.25, -0.2) is 0 Å². The lowest BCUT2D eigenvalue weighted by atomic mass is 9.91. The van der Waals surface area contributed by atoms with Crippen LogP contribution in [0.1, 0.15) is 58.3 Å². The van der Waals surface area contributed by atoms with E-state index in [1.54, 1.807) is 6.92 Å². The monoisotopic (exact) mass is 396 g/mol. The second-order valence-corrected chi connectivity index (χ2v) is 8.61. The number of piperidine rings is 1. The Hall–Kier alpha value is -0.930. The number of amides is 1. The molecule has 2 fully saturated rings. The van der Waals surface area contributed by atoms with Crippen molar-refractivity contribution in [3.05, 3.63) is 28.2 Å². The third-order valence-corrected chi connectivity index (χ3v) is 6.80. The Bertz CT molecular complexity index is 616. The first kappa shape index (κ1) is 19.8. The fourth-order valence-electron chi connectivity index (χ4n) is 4.57. The fraction of sp³-hybridized carbons (Fsp3) is 0.667. The van der Waals surface area contributed by atoms with Crippen molar-refractivity contribution >= 4 is 34.8 Å². The van der Waals surface area contributed by atoms with Gasteiger partial charge in [0.1, 0.15) is 0 Å². The molecule has 3 rings (SSSR count). The van der Waals surface area contributed by atoms with Crippen LogP contribution in [0.2, 0.25) is 10.0 Å². The number of carbonyl (C=O) groups excluding carboxylic acids is 1. The molecule has 144 valence electrons. The van der Waals surface area contributed by atoms with E-state index < -0.39 is 0 Å². The summed E-state index contributed by atoms with van der Waals surface area (Å²) in [6.07, 6.45) is 9.66. The quantitative estimate of drug-likeness (QED) is 0.629. The van der Waals surface area contributed by atoms with E-state index >= 15 is 0 Å². The van der Waals surface area contributed by atoms with E-state index in [-0.39, 0.29) is 5.91 Å². The highest BCUT2D eigenvalue weighted by Crippen LogP contribution is 2.35. The van der Waals surface area contributed by atoms with Crippen molar-refractivity contribution in [1.29, 1.82) is 0 Å². The first-order valence-corrected chi connectivity index (χ1v) is 10.8. The van der Waals surface area contributed by atoms with Crippen LogP contribution in [-0.4, -0.2) is 36.5 Å². The van der Waals surface area contributed by atoms with Crippen molar-refractivity contribution in [2.24, 2.45) is 5.92 Å². The normalized spacial score (nSPS) is 21.7. The molecule has 1 aliphatic carbocycles. The zero-order chi connectivity index (χ0) is 18.5. The van der Waals surface area contributed by atoms with Crippen molar-refractivity contribution in [1.82, 2.24) is 4.90 Å². The Labute approximate surface area is 167 Å². The summed E-state index contributed by atoms with van der Waals surface area (Å²) in [5.41, 5.74) is 1.04. The molecule has 1 aromatic rings. The number of halogens is 2. The zero-order valence-electron chi connectivity index (χ0n) is 15.7. The first-order chi connectivity index (χ1) is 12.6. The molecule has 5 heteroatoms. The van der Waals surface area contributed by atoms with E-state index in [0.29, 0.717) is 22.0 Å². The Morgan fingerprint density at radius 3 is 2.65 bits per heavy atom. The topological polar surface area (TPSA) is 23.6 Å². The average Bonchev–Trinajstić information content (AvgIpc) is 2.65. The molecule has 2 aliphatic rings. The maximum Gasteiger partial charge on any atom is 0.219 e. The molecule has 0 N–H and O–H groups in total. The van der Waals surface area contributed by atoms with Gasteiger partial charge in [0.2, 0.25) is 5.91 Å². The van der Waals surface area contributed by atoms with Crippen LogP contribution >= 0.6 is 23.2 Å². The highest BCUT2D eigenvalue weighted by molar-refractivity contribution is 6.43. The van der Waals surface area contributed by atoms with Crippen molar-refractivity contribution in [2.75, 3.05) is 24.5 Å². The molecule has 1 saturated heterocycles. The SMILES string of the molecule is CC(=O)N(CCC1CCCN(c2cccc(Cl)c2Cl)C1)C1CCCCC1. The number of hydrogen-bond donors (Lipinski definition) is 0. The van der Waals surface area contributed by atoms with Gasteiger partial charge in [-0.15, -0.1) is 0 Å². The predicted molar refractivity (Wildman–Crippen MR) is 110 cm³/mol. The summed E-state index contributed by atoms with van der Waals surface area (Å²) in [6, 6.07) is 6.32. The van der Waals surface area contributed by atoms with Gasteiger partial charge in [-0.2, -0.15) is 0 Å². The lowest BCUT2D eigenvalue weighted by Crippen LogP contribution is -2.43. The summed E-state index contributed by atoms with van der Waals surface area (Å²) < 4.78 is 0. The van der Waals surface area contributed by atoms with Gasteiger partial charge in [0.15, 0.2) is 0 Å². The molecule has 1 aliphatic heterocycles. The number of anilines is 1. The summed E-state index contributed by atoms with van der Waals surface area (Å²) in [7, 11) is 0. The van der Waals surface area contributed by atoms with Crippen LogP contribution in [0.5, 0.6) is 0 Å². The molecule has 0 bridgehead atoms. The van der Waals surface area contributed by atoms with Crippen molar-refractivity contribution in [3.8, 4) is 0 Å². The molecule has 0 radical (unpaired) electrons. The zero-order valence-corrected chi connectivity index (χ0v) is 17.2. The van der Waals surface area contributed by atoms with E-state index in [1.165, 1.54) is 38.5 Å². The minimum absolute atomic E-state index is 0.238. The molecule has 1 atom stereocenters. The molecule has 1 heterocycles. The van der Waals surface area contributed by atoms with Gasteiger partial charge in [0.05, 0.1) is 15.7 Å². The van der Waals surface area contributed by atoms with Crippen LogP contribution in [-0.2, 0) is 4.79 Å². The number of rotatable bonds is 5. The van der Waals surface area contributed by atoms with Crippen LogP contribution in [0, 0.1) is 5.92 Å². The third kappa shape index (κ3) is 4.86. The minimum atomic E-state index is 0.238. The van der Waals surface area contributed by atoms with Crippen LogP contribution in [0.25, 0.3) is 0 Å². The van der Waals surface area contributed by atoms with E-state index in [1.807, 2.05) is 12.1 Å². The van der Waals surface area contributed by atoms with E-state index in [4.69, 9.17) is 23.2 Å². The van der Waals surface area contributed by atoms with Crippen molar-refractivity contribution < 1.29 is 4.79 Å². The molecule has 1 unspecified atom stereocenters. The van der Waals surface area contributed by atoms with Crippen LogP contribution in [0.4, 0.5) is 5.69 Å². The molecule has 0 spiro atoms. The van der Waals surface area contributed by atoms with Crippen molar-refractivity contribution in [3.63, 3.8) is 0 Å². The average molecular weight is 397 g/mol. The lowest BCUT2D eigenvalue weighted by Gasteiger charge is -2.38. The van der Waals surface area contributed by atoms with Gasteiger partial charge in [0.25, 0.3) is 0 Å². The van der Waals surface area contributed by atoms with Gasteiger partial charge >= 0.3 is 0 Å². The Balaban J connectivity index is 1.59. The van der Waals surface area contributed by atoms with E-state index in [0.717, 1.165) is 38.2 Å². The largest absolute Gasteiger partial charge is 0.370 e. The van der Waals surface area contributed by atoms with Gasteiger partial charge < -0.3 is 9.80 Å². The second-order valence-electron chi connectivity index (χ2n) is 7.82. The molecule has 26 heavy (non-hydrogen) atoms. The molecule has 3 nitrogen and oxygen atoms in total. The third-order valence-electron chi connectivity index (χ3n) is 5.99. The van der Waals surface area contributed by atoms with Crippen LogP contribution < -0.4 is 4.90 Å². The van der Waals surface area contributed by atoms with Crippen LogP contribution in [0.3, 0.4) is 0 Å². The van der Waals surface area contributed by atoms with E-state index in [2.05, 4.69) is 15.9 Å². The molecular formula is C21H30Cl2N2O. The molecule has 0 aromatic heterocycles. The predicted octanol–water partition coefficient (Wildman–Crippen LogP) is 5.78. The van der Waals surface area contributed by atoms with Crippen LogP contribution in [0.15, 0.2) is 18.2 Å². The Kier molecular flexibility index (Phi) is 7.11. The Morgan fingerprint density at radius 1 is 1.15 bits per heavy atom. The maximum absolute atomic E-state index is 12.2. The molecule has 1 aromatic carbocycles. The minimum Gasteiger partial charge on any atom is -0.370 e. The smallest absolute Gasteiger partial charge is 0.219 e. The summed E-state index contributed by atoms with van der Waals surface area (Å²) in [6.45, 7) is 4.64. The lowest BCUT2D eigenvalue weighted by molar-refractivity contribution is -0.132. The van der Waals surface area contributed by atoms with Gasteiger partial charge in [-0.1, -0.05) is 48.5 Å². The number of carbonyl (C=O) groups is 1. The fourth-order valence-corrected chi connectivity index (χ4v) is 4.98. The first-order valence-electron chi connectivity index (χ1n) is 10.0. The van der Waals surface area contributed by atoms with Gasteiger partial charge in [-0.3, -0.25) is 4.79 Å². The number of benzene rings is 1. The van der Waals surface area contributed by atoms with Crippen molar-refractivity contribution in [2.45, 2.75) is 64.3 Å². The highest BCUT2D eigenvalue weighted by Gasteiger charge is 2.26. The maximum atomic E-state index is 12.2. The number of nitrogens with zero attached hydrogens (tertiary/aromatic N) is 2. The molecule has 1 amide bonds. The van der Waals surface area contributed by atoms with Gasteiger partial charge in [0, 0.05) is 32.6 Å². The van der Waals surface area contributed by atoms with Gasteiger partial charge in [-0.05, 0) is 50.2 Å². The molecular weight excluding hydrogens is 367 g/mol. The summed E-state index contributed by atoms with van der Waals surface area (Å²) in [4.78, 5) is 16.7. The van der Waals surface area contributed by atoms with E-state index in [9.17, 15) is 4.79 Å². The highest BCUT2D eigenvalue weighted by atomic mass is 35.5. The molecule has 1 saturated carbocycles. The second kappa shape index (κ2) is 9.32. The Morgan fingerprint density at radius 2 is 1.92 bits per heavy atom. The summed E-state index contributed by atoms with van der Waals surface area (Å²) in [5, 5.41) is 1.27. The summed E-state index contributed by atoms with van der Waals surface area (Å²) in [5.74, 6) is 0.840. The standard InChI is InChI=1S/C21H30Cl2N2O/c1-16(26)25(18-8-3-2-4-9-18)14-12-17-7-6-13-24(15-17)20-11-5-10-19(22)21(20)23/h5,10-11,17-18H,2-4,6-9,12-15H2,1H3. The number of hydrogen-bond acceptors (Lipinski definition) is 2.